The third-order valence-corrected chi connectivity index (χ3v) is 11.7. The summed E-state index contributed by atoms with van der Waals surface area (Å²) in [5, 5.41) is 12.4. The SMILES string of the molecule is CC(C)(C)c1cc(-c2nc3c(-c4cc(Cc5ccccc5)cc(-c5cc(-c6ccccc6)ccn5)c4)cccc3n2-c2ccccc2-c2ccccc2)c(O)c(C(C)(C)C)c1. The number of benzene rings is 7. The minimum Gasteiger partial charge on any atom is -0.507 e. The van der Waals surface area contributed by atoms with E-state index < -0.39 is 0 Å². The number of aromatic nitrogens is 3. The van der Waals surface area contributed by atoms with Crippen molar-refractivity contribution in [2.75, 3.05) is 0 Å². The first-order valence-corrected chi connectivity index (χ1v) is 21.2. The molecule has 0 aliphatic rings. The Kier molecular flexibility index (Phi) is 10.2. The van der Waals surface area contributed by atoms with Gasteiger partial charge in [0, 0.05) is 28.5 Å². The van der Waals surface area contributed by atoms with Crippen molar-refractivity contribution in [2.24, 2.45) is 0 Å². The predicted molar refractivity (Wildman–Crippen MR) is 254 cm³/mol. The van der Waals surface area contributed by atoms with Gasteiger partial charge >= 0.3 is 0 Å². The lowest BCUT2D eigenvalue weighted by Gasteiger charge is -2.27. The number of hydrogen-bond donors (Lipinski definition) is 1. The third-order valence-electron chi connectivity index (χ3n) is 11.7. The standard InChI is InChI=1S/C57H51N3O/c1-56(2,3)45-36-48(54(61)49(37-45)57(4,5)6)55-59-53-47(26-18-28-52(53)60(55)51-27-17-16-25-46(51)41-23-14-9-15-24-41)43-32-39(31-38-19-10-7-11-20-38)33-44(34-43)50-35-42(29-30-58-50)40-21-12-8-13-22-40/h7-30,32-37,61H,31H2,1-6H3. The molecule has 61 heavy (non-hydrogen) atoms. The molecule has 0 saturated carbocycles. The molecule has 0 amide bonds. The number of nitrogens with zero attached hydrogens (tertiary/aromatic N) is 3. The molecule has 0 spiro atoms. The van der Waals surface area contributed by atoms with Gasteiger partial charge in [-0.25, -0.2) is 4.98 Å². The van der Waals surface area contributed by atoms with Crippen LogP contribution >= 0.6 is 0 Å². The van der Waals surface area contributed by atoms with E-state index in [0.29, 0.717) is 11.4 Å². The van der Waals surface area contributed by atoms with Crippen molar-refractivity contribution in [3.63, 3.8) is 0 Å². The van der Waals surface area contributed by atoms with Crippen molar-refractivity contribution in [3.05, 3.63) is 204 Å². The predicted octanol–water partition coefficient (Wildman–Crippen LogP) is 14.6. The van der Waals surface area contributed by atoms with Crippen LogP contribution in [0.5, 0.6) is 5.75 Å². The lowest BCUT2D eigenvalue weighted by Crippen LogP contribution is -2.17. The van der Waals surface area contributed by atoms with Crippen molar-refractivity contribution in [1.82, 2.24) is 14.5 Å². The van der Waals surface area contributed by atoms with Crippen molar-refractivity contribution in [3.8, 4) is 67.5 Å². The summed E-state index contributed by atoms with van der Waals surface area (Å²) in [5.41, 5.74) is 15.9. The van der Waals surface area contributed by atoms with E-state index in [-0.39, 0.29) is 16.6 Å². The molecular weight excluding hydrogens is 743 g/mol. The summed E-state index contributed by atoms with van der Waals surface area (Å²) in [6.45, 7) is 13.2. The second-order valence-corrected chi connectivity index (χ2v) is 18.1. The van der Waals surface area contributed by atoms with Gasteiger partial charge in [0.2, 0.25) is 0 Å². The number of phenols is 1. The Morgan fingerprint density at radius 1 is 0.492 bits per heavy atom. The zero-order valence-electron chi connectivity index (χ0n) is 35.8. The molecule has 300 valence electrons. The van der Waals surface area contributed by atoms with Crippen molar-refractivity contribution in [2.45, 2.75) is 58.8 Å². The molecule has 9 aromatic rings. The fourth-order valence-corrected chi connectivity index (χ4v) is 8.42. The number of hydrogen-bond acceptors (Lipinski definition) is 3. The van der Waals surface area contributed by atoms with Crippen LogP contribution in [0.4, 0.5) is 0 Å². The van der Waals surface area contributed by atoms with E-state index >= 15 is 0 Å². The maximum absolute atomic E-state index is 12.4. The second kappa shape index (κ2) is 15.9. The summed E-state index contributed by atoms with van der Waals surface area (Å²) < 4.78 is 2.26. The first-order chi connectivity index (χ1) is 29.4. The molecular formula is C57H51N3O. The summed E-state index contributed by atoms with van der Waals surface area (Å²) in [6.07, 6.45) is 2.67. The molecule has 2 heterocycles. The molecule has 0 fully saturated rings. The minimum atomic E-state index is -0.314. The highest BCUT2D eigenvalue weighted by Gasteiger charge is 2.29. The highest BCUT2D eigenvalue weighted by atomic mass is 16.3. The van der Waals surface area contributed by atoms with Crippen LogP contribution in [0.15, 0.2) is 182 Å². The van der Waals surface area contributed by atoms with Crippen LogP contribution in [0, 0.1) is 0 Å². The molecule has 0 aliphatic carbocycles. The van der Waals surface area contributed by atoms with E-state index in [1.807, 2.05) is 18.3 Å². The van der Waals surface area contributed by atoms with Crippen molar-refractivity contribution >= 4 is 11.0 Å². The van der Waals surface area contributed by atoms with Crippen LogP contribution in [-0.4, -0.2) is 19.6 Å². The number of fused-ring (bicyclic) bond motifs is 1. The van der Waals surface area contributed by atoms with E-state index in [9.17, 15) is 5.11 Å². The zero-order chi connectivity index (χ0) is 42.3. The Bertz CT molecular complexity index is 3010. The number of para-hydroxylation sites is 2. The van der Waals surface area contributed by atoms with Crippen molar-refractivity contribution in [1.29, 1.82) is 0 Å². The number of phenolic OH excluding ortho intramolecular Hbond substituents is 1. The van der Waals surface area contributed by atoms with Gasteiger partial charge in [-0.05, 0) is 98.7 Å². The van der Waals surface area contributed by atoms with Gasteiger partial charge in [0.05, 0.1) is 28.0 Å². The summed E-state index contributed by atoms with van der Waals surface area (Å²) in [7, 11) is 0. The lowest BCUT2D eigenvalue weighted by molar-refractivity contribution is 0.446. The van der Waals surface area contributed by atoms with E-state index in [0.717, 1.165) is 78.9 Å². The van der Waals surface area contributed by atoms with Crippen molar-refractivity contribution < 1.29 is 5.11 Å². The summed E-state index contributed by atoms with van der Waals surface area (Å²) >= 11 is 0. The Labute approximate surface area is 359 Å². The summed E-state index contributed by atoms with van der Waals surface area (Å²) in [5.74, 6) is 0.949. The van der Waals surface area contributed by atoms with Crippen LogP contribution in [0.3, 0.4) is 0 Å². The smallest absolute Gasteiger partial charge is 0.149 e. The minimum absolute atomic E-state index is 0.173. The van der Waals surface area contributed by atoms with Gasteiger partial charge in [0.1, 0.15) is 11.6 Å². The molecule has 0 unspecified atom stereocenters. The third kappa shape index (κ3) is 7.90. The molecule has 4 heteroatoms. The highest BCUT2D eigenvalue weighted by Crippen LogP contribution is 2.45. The molecule has 1 N–H and O–H groups in total. The molecule has 0 radical (unpaired) electrons. The van der Waals surface area contributed by atoms with Crippen LogP contribution < -0.4 is 0 Å². The first kappa shape index (κ1) is 39.4. The van der Waals surface area contributed by atoms with Gasteiger partial charge in [-0.2, -0.15) is 0 Å². The molecule has 0 bridgehead atoms. The average molecular weight is 794 g/mol. The average Bonchev–Trinajstić information content (AvgIpc) is 3.66. The summed E-state index contributed by atoms with van der Waals surface area (Å²) in [4.78, 5) is 10.6. The maximum atomic E-state index is 12.4. The van der Waals surface area contributed by atoms with Gasteiger partial charge in [-0.3, -0.25) is 9.55 Å². The Morgan fingerprint density at radius 3 is 1.84 bits per heavy atom. The molecule has 0 saturated heterocycles. The quantitative estimate of drug-likeness (QED) is 0.167. The maximum Gasteiger partial charge on any atom is 0.149 e. The molecule has 0 aliphatic heterocycles. The zero-order valence-corrected chi connectivity index (χ0v) is 35.8. The normalized spacial score (nSPS) is 11.9. The first-order valence-electron chi connectivity index (χ1n) is 21.2. The van der Waals surface area contributed by atoms with E-state index in [4.69, 9.17) is 9.97 Å². The molecule has 7 aromatic carbocycles. The van der Waals surface area contributed by atoms with Crippen LogP contribution in [0.25, 0.3) is 72.7 Å². The Hall–Kier alpha value is -7.04. The monoisotopic (exact) mass is 793 g/mol. The van der Waals surface area contributed by atoms with Gasteiger partial charge in [0.15, 0.2) is 0 Å². The van der Waals surface area contributed by atoms with Gasteiger partial charge in [0.25, 0.3) is 0 Å². The van der Waals surface area contributed by atoms with Gasteiger partial charge < -0.3 is 5.11 Å². The van der Waals surface area contributed by atoms with Gasteiger partial charge in [-0.1, -0.05) is 175 Å². The Morgan fingerprint density at radius 2 is 1.13 bits per heavy atom. The second-order valence-electron chi connectivity index (χ2n) is 18.1. The number of imidazole rings is 1. The summed E-state index contributed by atoms with van der Waals surface area (Å²) in [6, 6.07) is 62.0. The largest absolute Gasteiger partial charge is 0.507 e. The molecule has 0 atom stereocenters. The van der Waals surface area contributed by atoms with Crippen LogP contribution in [-0.2, 0) is 17.3 Å². The molecule has 4 nitrogen and oxygen atoms in total. The van der Waals surface area contributed by atoms with E-state index in [2.05, 4.69) is 210 Å². The Balaban J connectivity index is 1.33. The number of pyridine rings is 1. The fourth-order valence-electron chi connectivity index (χ4n) is 8.42. The molecule has 2 aromatic heterocycles. The highest BCUT2D eigenvalue weighted by molar-refractivity contribution is 5.98. The lowest BCUT2D eigenvalue weighted by atomic mass is 9.79. The fraction of sp³-hybridized carbons (Fsp3) is 0.158. The number of rotatable bonds is 8. The van der Waals surface area contributed by atoms with E-state index in [1.165, 1.54) is 11.1 Å². The van der Waals surface area contributed by atoms with Crippen LogP contribution in [0.1, 0.15) is 63.8 Å². The molecule has 9 rings (SSSR count). The topological polar surface area (TPSA) is 50.9 Å². The van der Waals surface area contributed by atoms with Crippen LogP contribution in [0.2, 0.25) is 0 Å². The number of aromatic hydroxyl groups is 1. The van der Waals surface area contributed by atoms with E-state index in [1.54, 1.807) is 0 Å². The van der Waals surface area contributed by atoms with Gasteiger partial charge in [-0.15, -0.1) is 0 Å².